The Kier molecular flexibility index (Phi) is 3.16. The Morgan fingerprint density at radius 3 is 2.36 bits per heavy atom. The van der Waals surface area contributed by atoms with Crippen molar-refractivity contribution < 1.29 is 9.44 Å². The summed E-state index contributed by atoms with van der Waals surface area (Å²) in [7, 11) is 1.48. The van der Waals surface area contributed by atoms with Crippen molar-refractivity contribution in [2.24, 2.45) is 0 Å². The summed E-state index contributed by atoms with van der Waals surface area (Å²) >= 11 is 0. The zero-order valence-electron chi connectivity index (χ0n) is 6.24. The van der Waals surface area contributed by atoms with Crippen LogP contribution in [0, 0.1) is 6.92 Å². The van der Waals surface area contributed by atoms with E-state index in [-0.39, 0.29) is 16.7 Å². The second-order valence-electron chi connectivity index (χ2n) is 1.73. The fourth-order valence-electron chi connectivity index (χ4n) is 0.568. The summed E-state index contributed by atoms with van der Waals surface area (Å²) < 4.78 is 4.73. The highest BCUT2D eigenvalue weighted by molar-refractivity contribution is 5.17. The fourth-order valence-corrected chi connectivity index (χ4v) is 0.568. The summed E-state index contributed by atoms with van der Waals surface area (Å²) in [5.74, 6) is 0.744. The van der Waals surface area contributed by atoms with Gasteiger partial charge < -0.3 is 10.5 Å². The zero-order chi connectivity index (χ0) is 7.56. The minimum absolute atomic E-state index is 0. The minimum Gasteiger partial charge on any atom is -0.467 e. The van der Waals surface area contributed by atoms with Crippen LogP contribution in [0.1, 0.15) is 5.82 Å². The zero-order valence-corrected chi connectivity index (χ0v) is 6.24. The highest BCUT2D eigenvalue weighted by Gasteiger charge is 1.97. The number of nitrogens with zero attached hydrogens (tertiary/aromatic N) is 3. The van der Waals surface area contributed by atoms with Crippen LogP contribution in [-0.2, 0) is 0 Å². The molecular formula is C5H9FN4O. The third-order valence-electron chi connectivity index (χ3n) is 0.927. The van der Waals surface area contributed by atoms with Gasteiger partial charge in [-0.25, -0.2) is 0 Å². The molecule has 1 heterocycles. The lowest BCUT2D eigenvalue weighted by Crippen LogP contribution is -2.01. The highest BCUT2D eigenvalue weighted by Crippen LogP contribution is 2.01. The molecule has 0 aliphatic rings. The molecule has 1 aromatic heterocycles. The molecule has 0 spiro atoms. The predicted octanol–water partition coefficient (Wildman–Crippen LogP) is -0.0767. The van der Waals surface area contributed by atoms with Gasteiger partial charge >= 0.3 is 6.01 Å². The summed E-state index contributed by atoms with van der Waals surface area (Å²) in [6.07, 6.45) is 0. The largest absolute Gasteiger partial charge is 0.467 e. The molecule has 0 saturated carbocycles. The first-order valence-corrected chi connectivity index (χ1v) is 2.74. The molecule has 6 heteroatoms. The van der Waals surface area contributed by atoms with Crippen molar-refractivity contribution in [2.45, 2.75) is 6.92 Å². The molecule has 0 aliphatic carbocycles. The SMILES string of the molecule is COc1nc(C)nc(N)n1.F. The fraction of sp³-hybridized carbons (Fsp3) is 0.400. The van der Waals surface area contributed by atoms with Crippen molar-refractivity contribution in [3.05, 3.63) is 5.82 Å². The van der Waals surface area contributed by atoms with E-state index in [0.29, 0.717) is 5.82 Å². The Labute approximate surface area is 63.0 Å². The third kappa shape index (κ3) is 2.32. The molecule has 0 saturated heterocycles. The van der Waals surface area contributed by atoms with E-state index in [0.717, 1.165) is 0 Å². The van der Waals surface area contributed by atoms with Gasteiger partial charge in [-0.15, -0.1) is 0 Å². The molecule has 0 unspecified atom stereocenters. The Morgan fingerprint density at radius 2 is 1.91 bits per heavy atom. The Morgan fingerprint density at radius 1 is 1.27 bits per heavy atom. The van der Waals surface area contributed by atoms with E-state index in [9.17, 15) is 0 Å². The molecule has 0 bridgehead atoms. The number of hydrogen-bond acceptors (Lipinski definition) is 5. The second-order valence-corrected chi connectivity index (χ2v) is 1.73. The maximum absolute atomic E-state index is 5.29. The maximum Gasteiger partial charge on any atom is 0.321 e. The summed E-state index contributed by atoms with van der Waals surface area (Å²) in [4.78, 5) is 11.3. The third-order valence-corrected chi connectivity index (χ3v) is 0.927. The molecule has 2 N–H and O–H groups in total. The van der Waals surface area contributed by atoms with Gasteiger partial charge in [-0.05, 0) is 6.92 Å². The molecule has 0 aliphatic heterocycles. The lowest BCUT2D eigenvalue weighted by atomic mass is 10.7. The Balaban J connectivity index is 0.000001000. The number of rotatable bonds is 1. The van der Waals surface area contributed by atoms with E-state index < -0.39 is 0 Å². The van der Waals surface area contributed by atoms with Crippen molar-refractivity contribution in [1.82, 2.24) is 15.0 Å². The molecule has 11 heavy (non-hydrogen) atoms. The van der Waals surface area contributed by atoms with Crippen LogP contribution < -0.4 is 10.5 Å². The van der Waals surface area contributed by atoms with Crippen molar-refractivity contribution in [3.63, 3.8) is 0 Å². The standard InChI is InChI=1S/C5H8N4O.FH/c1-3-7-4(6)9-5(8-3)10-2;/h1-2H3,(H2,6,7,8,9);1H. The second kappa shape index (κ2) is 3.65. The number of methoxy groups -OCH3 is 1. The van der Waals surface area contributed by atoms with Crippen LogP contribution in [0.25, 0.3) is 0 Å². The quantitative estimate of drug-likeness (QED) is 0.622. The van der Waals surface area contributed by atoms with Crippen molar-refractivity contribution >= 4 is 5.95 Å². The van der Waals surface area contributed by atoms with Crippen LogP contribution in [0.2, 0.25) is 0 Å². The Hall–Kier alpha value is -1.46. The predicted molar refractivity (Wildman–Crippen MR) is 38.0 cm³/mol. The average molecular weight is 160 g/mol. The Bertz CT molecular complexity index is 222. The highest BCUT2D eigenvalue weighted by atomic mass is 19.0. The molecule has 0 fully saturated rings. The summed E-state index contributed by atoms with van der Waals surface area (Å²) in [5, 5.41) is 0. The average Bonchev–Trinajstić information content (AvgIpc) is 1.85. The van der Waals surface area contributed by atoms with Gasteiger partial charge in [0.2, 0.25) is 5.95 Å². The monoisotopic (exact) mass is 160 g/mol. The van der Waals surface area contributed by atoms with E-state index >= 15 is 0 Å². The molecule has 0 radical (unpaired) electrons. The first-order chi connectivity index (χ1) is 4.72. The number of aryl methyl sites for hydroxylation is 1. The molecule has 1 rings (SSSR count). The van der Waals surface area contributed by atoms with Gasteiger partial charge in [0.25, 0.3) is 0 Å². The van der Waals surface area contributed by atoms with Crippen LogP contribution in [0.3, 0.4) is 0 Å². The van der Waals surface area contributed by atoms with Gasteiger partial charge in [-0.1, -0.05) is 0 Å². The van der Waals surface area contributed by atoms with E-state index in [1.165, 1.54) is 7.11 Å². The van der Waals surface area contributed by atoms with Gasteiger partial charge in [-0.3, -0.25) is 4.70 Å². The van der Waals surface area contributed by atoms with Gasteiger partial charge in [0.05, 0.1) is 7.11 Å². The van der Waals surface area contributed by atoms with Crippen LogP contribution >= 0.6 is 0 Å². The maximum atomic E-state index is 5.29. The van der Waals surface area contributed by atoms with Gasteiger partial charge in [0.15, 0.2) is 0 Å². The van der Waals surface area contributed by atoms with Crippen molar-refractivity contribution in [2.75, 3.05) is 12.8 Å². The first kappa shape index (κ1) is 9.54. The number of aromatic nitrogens is 3. The lowest BCUT2D eigenvalue weighted by Gasteiger charge is -1.97. The van der Waals surface area contributed by atoms with Crippen LogP contribution in [0.5, 0.6) is 6.01 Å². The minimum atomic E-state index is 0. The summed E-state index contributed by atoms with van der Waals surface area (Å²) in [6, 6.07) is 0.255. The number of ether oxygens (including phenoxy) is 1. The number of hydrogen-bond donors (Lipinski definition) is 1. The smallest absolute Gasteiger partial charge is 0.321 e. The topological polar surface area (TPSA) is 73.9 Å². The molecular weight excluding hydrogens is 151 g/mol. The molecule has 5 nitrogen and oxygen atoms in total. The number of nitrogens with two attached hydrogens (primary N) is 1. The summed E-state index contributed by atoms with van der Waals surface area (Å²) in [5.41, 5.74) is 5.29. The molecule has 0 atom stereocenters. The molecule has 0 aromatic carbocycles. The molecule has 1 aromatic rings. The van der Waals surface area contributed by atoms with E-state index in [2.05, 4.69) is 15.0 Å². The molecule has 62 valence electrons. The van der Waals surface area contributed by atoms with Gasteiger partial charge in [0.1, 0.15) is 5.82 Å². The number of anilines is 1. The number of halogens is 1. The van der Waals surface area contributed by atoms with E-state index in [1.807, 2.05) is 0 Å². The van der Waals surface area contributed by atoms with E-state index in [4.69, 9.17) is 10.5 Å². The normalized spacial score (nSPS) is 8.55. The molecule has 0 amide bonds. The van der Waals surface area contributed by atoms with Crippen LogP contribution in [-0.4, -0.2) is 22.1 Å². The number of nitrogen functional groups attached to an aromatic ring is 1. The van der Waals surface area contributed by atoms with Crippen molar-refractivity contribution in [3.8, 4) is 6.01 Å². The lowest BCUT2D eigenvalue weighted by molar-refractivity contribution is 0.377. The van der Waals surface area contributed by atoms with E-state index in [1.54, 1.807) is 6.92 Å². The summed E-state index contributed by atoms with van der Waals surface area (Å²) in [6.45, 7) is 1.72. The first-order valence-electron chi connectivity index (χ1n) is 2.74. The van der Waals surface area contributed by atoms with Crippen LogP contribution in [0.15, 0.2) is 0 Å². The van der Waals surface area contributed by atoms with Crippen LogP contribution in [0.4, 0.5) is 10.7 Å². The van der Waals surface area contributed by atoms with Gasteiger partial charge in [-0.2, -0.15) is 15.0 Å². The van der Waals surface area contributed by atoms with Crippen molar-refractivity contribution in [1.29, 1.82) is 0 Å². The van der Waals surface area contributed by atoms with Gasteiger partial charge in [0, 0.05) is 0 Å².